The molecule has 6 heteroatoms. The number of nitrogens with zero attached hydrogens (tertiary/aromatic N) is 1. The van der Waals surface area contributed by atoms with Crippen molar-refractivity contribution in [2.75, 3.05) is 13.6 Å². The Morgan fingerprint density at radius 1 is 1.57 bits per heavy atom. The van der Waals surface area contributed by atoms with Crippen molar-refractivity contribution in [3.8, 4) is 0 Å². The van der Waals surface area contributed by atoms with E-state index in [1.165, 1.54) is 4.90 Å². The highest BCUT2D eigenvalue weighted by atomic mass is 28.4. The molecule has 0 aromatic rings. The van der Waals surface area contributed by atoms with Crippen LogP contribution >= 0.6 is 0 Å². The lowest BCUT2D eigenvalue weighted by atomic mass is 10.3. The fourth-order valence-corrected chi connectivity index (χ4v) is 1.91. The number of carbonyl (C=O) groups excluding carboxylic acids is 2. The Balaban J connectivity index is 2.52. The molecule has 0 radical (unpaired) electrons. The molecular weight excluding hydrogens is 200 g/mol. The molecule has 1 saturated heterocycles. The minimum absolute atomic E-state index is 0.220. The van der Waals surface area contributed by atoms with Gasteiger partial charge in [0.15, 0.2) is 0 Å². The highest BCUT2D eigenvalue weighted by molar-refractivity contribution is 6.71. The summed E-state index contributed by atoms with van der Waals surface area (Å²) >= 11 is 0. The minimum Gasteiger partial charge on any atom is -0.518 e. The van der Waals surface area contributed by atoms with Crippen molar-refractivity contribution < 1.29 is 14.0 Å². The van der Waals surface area contributed by atoms with Crippen LogP contribution in [0.1, 0.15) is 0 Å². The molecule has 0 saturated carbocycles. The molecule has 0 aromatic heterocycles. The summed E-state index contributed by atoms with van der Waals surface area (Å²) in [5, 5.41) is 2.56. The zero-order valence-electron chi connectivity index (χ0n) is 8.96. The summed E-state index contributed by atoms with van der Waals surface area (Å²) in [6.07, 6.45) is 0. The van der Waals surface area contributed by atoms with Gasteiger partial charge in [-0.3, -0.25) is 4.79 Å². The molecule has 1 N–H and O–H groups in total. The van der Waals surface area contributed by atoms with Crippen LogP contribution in [0.4, 0.5) is 4.79 Å². The van der Waals surface area contributed by atoms with E-state index in [2.05, 4.69) is 5.32 Å². The average molecular weight is 216 g/mol. The number of amides is 2. The van der Waals surface area contributed by atoms with Crippen molar-refractivity contribution in [1.29, 1.82) is 0 Å². The predicted molar refractivity (Wildman–Crippen MR) is 54.4 cm³/mol. The Hall–Kier alpha value is -1.04. The van der Waals surface area contributed by atoms with Crippen LogP contribution in [0.15, 0.2) is 0 Å². The molecule has 0 bridgehead atoms. The molecule has 1 atom stereocenters. The van der Waals surface area contributed by atoms with E-state index in [1.807, 2.05) is 19.6 Å². The van der Waals surface area contributed by atoms with Gasteiger partial charge in [-0.05, 0) is 19.6 Å². The SMILES string of the molecule is CN1C[C@@H](C(=O)O[Si](C)(C)C)NC1=O. The van der Waals surface area contributed by atoms with Crippen LogP contribution in [0.3, 0.4) is 0 Å². The van der Waals surface area contributed by atoms with Crippen molar-refractivity contribution >= 4 is 20.3 Å². The Morgan fingerprint density at radius 3 is 2.50 bits per heavy atom. The second-order valence-electron chi connectivity index (χ2n) is 4.42. The molecule has 1 heterocycles. The van der Waals surface area contributed by atoms with Crippen LogP contribution in [0, 0.1) is 0 Å². The summed E-state index contributed by atoms with van der Waals surface area (Å²) in [4.78, 5) is 24.1. The Bertz CT molecular complexity index is 262. The topological polar surface area (TPSA) is 58.6 Å². The molecule has 0 spiro atoms. The largest absolute Gasteiger partial charge is 0.518 e. The highest BCUT2D eigenvalue weighted by Crippen LogP contribution is 2.08. The van der Waals surface area contributed by atoms with E-state index in [0.29, 0.717) is 6.54 Å². The molecule has 14 heavy (non-hydrogen) atoms. The van der Waals surface area contributed by atoms with Gasteiger partial charge < -0.3 is 14.6 Å². The molecule has 1 aliphatic rings. The molecule has 1 fully saturated rings. The maximum Gasteiger partial charge on any atom is 0.317 e. The molecular formula is C8H16N2O3Si. The van der Waals surface area contributed by atoms with Gasteiger partial charge in [0.1, 0.15) is 6.04 Å². The first-order valence-electron chi connectivity index (χ1n) is 4.54. The van der Waals surface area contributed by atoms with E-state index in [9.17, 15) is 9.59 Å². The first kappa shape index (κ1) is 11.0. The Kier molecular flexibility index (Phi) is 2.84. The van der Waals surface area contributed by atoms with E-state index in [4.69, 9.17) is 4.43 Å². The van der Waals surface area contributed by atoms with Gasteiger partial charge in [-0.25, -0.2) is 4.79 Å². The van der Waals surface area contributed by atoms with Crippen molar-refractivity contribution in [1.82, 2.24) is 10.2 Å². The minimum atomic E-state index is -1.85. The third kappa shape index (κ3) is 2.73. The quantitative estimate of drug-likeness (QED) is 0.679. The zero-order chi connectivity index (χ0) is 10.9. The van der Waals surface area contributed by atoms with E-state index < -0.39 is 14.4 Å². The molecule has 1 rings (SSSR count). The number of urea groups is 1. The lowest BCUT2D eigenvalue weighted by Gasteiger charge is -2.19. The van der Waals surface area contributed by atoms with Crippen LogP contribution in [0.2, 0.25) is 19.6 Å². The summed E-state index contributed by atoms with van der Waals surface area (Å²) < 4.78 is 5.28. The van der Waals surface area contributed by atoms with Crippen LogP contribution < -0.4 is 5.32 Å². The van der Waals surface area contributed by atoms with Gasteiger partial charge in [-0.1, -0.05) is 0 Å². The second kappa shape index (κ2) is 3.60. The van der Waals surface area contributed by atoms with Crippen LogP contribution in [-0.4, -0.2) is 44.9 Å². The summed E-state index contributed by atoms with van der Waals surface area (Å²) in [6.45, 7) is 6.20. The maximum atomic E-state index is 11.5. The van der Waals surface area contributed by atoms with Gasteiger partial charge in [0.2, 0.25) is 8.32 Å². The third-order valence-electron chi connectivity index (χ3n) is 1.79. The lowest BCUT2D eigenvalue weighted by Crippen LogP contribution is -2.41. The van der Waals surface area contributed by atoms with Crippen LogP contribution in [0.25, 0.3) is 0 Å². The number of hydrogen-bond acceptors (Lipinski definition) is 3. The molecule has 0 aliphatic carbocycles. The van der Waals surface area contributed by atoms with Crippen molar-refractivity contribution in [2.24, 2.45) is 0 Å². The predicted octanol–water partition coefficient (Wildman–Crippen LogP) is 0.388. The Labute approximate surface area is 84.5 Å². The van der Waals surface area contributed by atoms with E-state index in [-0.39, 0.29) is 12.0 Å². The summed E-state index contributed by atoms with van der Waals surface area (Å²) in [5.41, 5.74) is 0. The van der Waals surface area contributed by atoms with Crippen LogP contribution in [0.5, 0.6) is 0 Å². The molecule has 5 nitrogen and oxygen atoms in total. The fraction of sp³-hybridized carbons (Fsp3) is 0.750. The average Bonchev–Trinajstić information content (AvgIpc) is 2.28. The smallest absolute Gasteiger partial charge is 0.317 e. The number of likely N-dealkylation sites (N-methyl/N-ethyl adjacent to an activating group) is 1. The lowest BCUT2D eigenvalue weighted by molar-refractivity contribution is -0.136. The summed E-state index contributed by atoms with van der Waals surface area (Å²) in [6, 6.07) is -0.721. The van der Waals surface area contributed by atoms with Gasteiger partial charge in [-0.15, -0.1) is 0 Å². The monoisotopic (exact) mass is 216 g/mol. The van der Waals surface area contributed by atoms with Gasteiger partial charge in [0.25, 0.3) is 0 Å². The summed E-state index contributed by atoms with van der Waals surface area (Å²) in [5.74, 6) is -0.318. The number of carbonyl (C=O) groups is 2. The molecule has 2 amide bonds. The van der Waals surface area contributed by atoms with Crippen LogP contribution in [-0.2, 0) is 9.22 Å². The molecule has 80 valence electrons. The standard InChI is InChI=1S/C8H16N2O3Si/c1-10-5-6(9-8(10)12)7(11)13-14(2,3)4/h6H,5H2,1-4H3,(H,9,12)/t6-/m0/s1. The zero-order valence-corrected chi connectivity index (χ0v) is 9.96. The molecule has 0 unspecified atom stereocenters. The number of hydrogen-bond donors (Lipinski definition) is 1. The van der Waals surface area contributed by atoms with Gasteiger partial charge in [0, 0.05) is 7.05 Å². The normalized spacial score (nSPS) is 22.1. The number of nitrogens with one attached hydrogen (secondary N) is 1. The van der Waals surface area contributed by atoms with E-state index in [0.717, 1.165) is 0 Å². The number of rotatable bonds is 2. The second-order valence-corrected chi connectivity index (χ2v) is 8.84. The van der Waals surface area contributed by atoms with Gasteiger partial charge >= 0.3 is 12.0 Å². The van der Waals surface area contributed by atoms with Crippen molar-refractivity contribution in [2.45, 2.75) is 25.7 Å². The van der Waals surface area contributed by atoms with Gasteiger partial charge in [-0.2, -0.15) is 0 Å². The van der Waals surface area contributed by atoms with E-state index >= 15 is 0 Å². The van der Waals surface area contributed by atoms with E-state index in [1.54, 1.807) is 7.05 Å². The maximum absolute atomic E-state index is 11.5. The molecule has 0 aromatic carbocycles. The first-order chi connectivity index (χ1) is 6.29. The first-order valence-corrected chi connectivity index (χ1v) is 7.95. The fourth-order valence-electron chi connectivity index (χ4n) is 1.17. The highest BCUT2D eigenvalue weighted by Gasteiger charge is 2.34. The summed E-state index contributed by atoms with van der Waals surface area (Å²) in [7, 11) is -0.201. The van der Waals surface area contributed by atoms with Crippen molar-refractivity contribution in [3.63, 3.8) is 0 Å². The van der Waals surface area contributed by atoms with Gasteiger partial charge in [0.05, 0.1) is 6.54 Å². The van der Waals surface area contributed by atoms with Crippen molar-refractivity contribution in [3.05, 3.63) is 0 Å². The third-order valence-corrected chi connectivity index (χ3v) is 2.61. The molecule has 1 aliphatic heterocycles. The Morgan fingerprint density at radius 2 is 2.14 bits per heavy atom.